The standard InChI is InChI=1S/C10H14IN3O/c1-2-9(10(12)14-15)13-8-5-3-7(11)4-6-8/h3-6,9,13,15H,2H2,1H3,(H2,12,14). The summed E-state index contributed by atoms with van der Waals surface area (Å²) < 4.78 is 1.18. The SMILES string of the molecule is CCC(Nc1ccc(I)cc1)C(N)=NO. The quantitative estimate of drug-likeness (QED) is 0.262. The predicted molar refractivity (Wildman–Crippen MR) is 70.3 cm³/mol. The Balaban J connectivity index is 2.71. The number of hydrogen-bond acceptors (Lipinski definition) is 3. The van der Waals surface area contributed by atoms with Crippen molar-refractivity contribution in [3.8, 4) is 0 Å². The van der Waals surface area contributed by atoms with Crippen LogP contribution in [0, 0.1) is 3.57 Å². The molecule has 4 N–H and O–H groups in total. The highest BCUT2D eigenvalue weighted by atomic mass is 127. The van der Waals surface area contributed by atoms with Crippen LogP contribution >= 0.6 is 22.6 Å². The summed E-state index contributed by atoms with van der Waals surface area (Å²) in [6.07, 6.45) is 0.766. The molecule has 5 heteroatoms. The molecule has 0 amide bonds. The third-order valence-electron chi connectivity index (χ3n) is 2.07. The van der Waals surface area contributed by atoms with Crippen LogP contribution in [-0.4, -0.2) is 17.1 Å². The van der Waals surface area contributed by atoms with E-state index in [-0.39, 0.29) is 11.9 Å². The van der Waals surface area contributed by atoms with Crippen LogP contribution in [0.25, 0.3) is 0 Å². The van der Waals surface area contributed by atoms with Crippen LogP contribution in [-0.2, 0) is 0 Å². The smallest absolute Gasteiger partial charge is 0.161 e. The fourth-order valence-electron chi connectivity index (χ4n) is 1.20. The summed E-state index contributed by atoms with van der Waals surface area (Å²) >= 11 is 2.24. The highest BCUT2D eigenvalue weighted by molar-refractivity contribution is 14.1. The summed E-state index contributed by atoms with van der Waals surface area (Å²) in [6.45, 7) is 1.97. The van der Waals surface area contributed by atoms with E-state index in [1.807, 2.05) is 31.2 Å². The maximum atomic E-state index is 8.58. The Morgan fingerprint density at radius 3 is 2.60 bits per heavy atom. The van der Waals surface area contributed by atoms with E-state index in [4.69, 9.17) is 10.9 Å². The fourth-order valence-corrected chi connectivity index (χ4v) is 1.56. The van der Waals surface area contributed by atoms with E-state index in [0.29, 0.717) is 0 Å². The molecule has 0 saturated heterocycles. The van der Waals surface area contributed by atoms with Gasteiger partial charge in [-0.25, -0.2) is 0 Å². The van der Waals surface area contributed by atoms with Gasteiger partial charge in [-0.05, 0) is 53.3 Å². The van der Waals surface area contributed by atoms with Crippen molar-refractivity contribution in [2.75, 3.05) is 5.32 Å². The summed E-state index contributed by atoms with van der Waals surface area (Å²) in [7, 11) is 0. The van der Waals surface area contributed by atoms with Gasteiger partial charge in [-0.1, -0.05) is 12.1 Å². The van der Waals surface area contributed by atoms with Crippen LogP contribution in [0.15, 0.2) is 29.4 Å². The van der Waals surface area contributed by atoms with Gasteiger partial charge in [0.15, 0.2) is 5.84 Å². The predicted octanol–water partition coefficient (Wildman–Crippen LogP) is 2.23. The van der Waals surface area contributed by atoms with Gasteiger partial charge in [0.05, 0.1) is 6.04 Å². The van der Waals surface area contributed by atoms with Crippen molar-refractivity contribution >= 4 is 34.1 Å². The molecule has 4 nitrogen and oxygen atoms in total. The lowest BCUT2D eigenvalue weighted by atomic mass is 10.2. The number of amidine groups is 1. The summed E-state index contributed by atoms with van der Waals surface area (Å²) in [5.41, 5.74) is 6.51. The molecule has 0 heterocycles. The zero-order valence-corrected chi connectivity index (χ0v) is 10.6. The van der Waals surface area contributed by atoms with Gasteiger partial charge in [-0.15, -0.1) is 0 Å². The van der Waals surface area contributed by atoms with Gasteiger partial charge in [0.25, 0.3) is 0 Å². The Bertz CT molecular complexity index is 337. The minimum atomic E-state index is -0.130. The van der Waals surface area contributed by atoms with Gasteiger partial charge in [-0.3, -0.25) is 0 Å². The largest absolute Gasteiger partial charge is 0.409 e. The fraction of sp³-hybridized carbons (Fsp3) is 0.300. The molecule has 1 unspecified atom stereocenters. The molecule has 0 aromatic heterocycles. The second kappa shape index (κ2) is 5.79. The highest BCUT2D eigenvalue weighted by Crippen LogP contribution is 2.13. The molecule has 15 heavy (non-hydrogen) atoms. The normalized spacial score (nSPS) is 13.6. The van der Waals surface area contributed by atoms with Crippen molar-refractivity contribution in [2.24, 2.45) is 10.9 Å². The molecule has 0 aliphatic carbocycles. The molecule has 0 fully saturated rings. The molecule has 0 saturated carbocycles. The first kappa shape index (κ1) is 12.1. The van der Waals surface area contributed by atoms with E-state index in [9.17, 15) is 0 Å². The van der Waals surface area contributed by atoms with Crippen LogP contribution in [0.1, 0.15) is 13.3 Å². The molecular weight excluding hydrogens is 305 g/mol. The molecular formula is C10H14IN3O. The highest BCUT2D eigenvalue weighted by Gasteiger charge is 2.10. The number of nitrogens with two attached hydrogens (primary N) is 1. The van der Waals surface area contributed by atoms with Crippen molar-refractivity contribution in [1.29, 1.82) is 0 Å². The summed E-state index contributed by atoms with van der Waals surface area (Å²) in [5, 5.41) is 14.8. The van der Waals surface area contributed by atoms with Crippen molar-refractivity contribution < 1.29 is 5.21 Å². The van der Waals surface area contributed by atoms with Gasteiger partial charge in [0.1, 0.15) is 0 Å². The lowest BCUT2D eigenvalue weighted by Crippen LogP contribution is -2.35. The molecule has 1 aromatic carbocycles. The zero-order chi connectivity index (χ0) is 11.3. The van der Waals surface area contributed by atoms with Crippen LogP contribution < -0.4 is 11.1 Å². The maximum Gasteiger partial charge on any atom is 0.161 e. The van der Waals surface area contributed by atoms with Gasteiger partial charge in [-0.2, -0.15) is 0 Å². The molecule has 0 aliphatic rings. The number of anilines is 1. The van der Waals surface area contributed by atoms with E-state index in [1.54, 1.807) is 0 Å². The van der Waals surface area contributed by atoms with E-state index < -0.39 is 0 Å². The number of nitrogens with one attached hydrogen (secondary N) is 1. The number of rotatable bonds is 4. The molecule has 1 atom stereocenters. The summed E-state index contributed by atoms with van der Waals surface area (Å²) in [4.78, 5) is 0. The molecule has 1 aromatic rings. The van der Waals surface area contributed by atoms with Crippen molar-refractivity contribution in [1.82, 2.24) is 0 Å². The summed E-state index contributed by atoms with van der Waals surface area (Å²) in [5.74, 6) is 0.205. The minimum absolute atomic E-state index is 0.130. The first-order valence-corrected chi connectivity index (χ1v) is 5.74. The van der Waals surface area contributed by atoms with E-state index in [2.05, 4.69) is 33.1 Å². The van der Waals surface area contributed by atoms with Gasteiger partial charge >= 0.3 is 0 Å². The molecule has 0 radical (unpaired) electrons. The van der Waals surface area contributed by atoms with Crippen LogP contribution in [0.4, 0.5) is 5.69 Å². The van der Waals surface area contributed by atoms with E-state index >= 15 is 0 Å². The number of halogens is 1. The van der Waals surface area contributed by atoms with Crippen LogP contribution in [0.3, 0.4) is 0 Å². The Kier molecular flexibility index (Phi) is 4.67. The Morgan fingerprint density at radius 2 is 2.13 bits per heavy atom. The molecule has 0 bridgehead atoms. The number of oxime groups is 1. The number of hydrogen-bond donors (Lipinski definition) is 3. The minimum Gasteiger partial charge on any atom is -0.409 e. The summed E-state index contributed by atoms with van der Waals surface area (Å²) in [6, 6.07) is 7.81. The van der Waals surface area contributed by atoms with Crippen molar-refractivity contribution in [3.63, 3.8) is 0 Å². The maximum absolute atomic E-state index is 8.58. The monoisotopic (exact) mass is 319 g/mol. The number of nitrogens with zero attached hydrogens (tertiary/aromatic N) is 1. The van der Waals surface area contributed by atoms with Crippen molar-refractivity contribution in [3.05, 3.63) is 27.8 Å². The van der Waals surface area contributed by atoms with Gasteiger partial charge in [0.2, 0.25) is 0 Å². The van der Waals surface area contributed by atoms with E-state index in [1.165, 1.54) is 3.57 Å². The first-order chi connectivity index (χ1) is 7.17. The Hall–Kier alpha value is -0.980. The molecule has 82 valence electrons. The molecule has 1 rings (SSSR count). The third-order valence-corrected chi connectivity index (χ3v) is 2.79. The first-order valence-electron chi connectivity index (χ1n) is 4.67. The third kappa shape index (κ3) is 3.58. The molecule has 0 spiro atoms. The lowest BCUT2D eigenvalue weighted by Gasteiger charge is -2.16. The van der Waals surface area contributed by atoms with Crippen LogP contribution in [0.2, 0.25) is 0 Å². The topological polar surface area (TPSA) is 70.6 Å². The van der Waals surface area contributed by atoms with E-state index in [0.717, 1.165) is 12.1 Å². The van der Waals surface area contributed by atoms with Gasteiger partial charge < -0.3 is 16.3 Å². The lowest BCUT2D eigenvalue weighted by molar-refractivity contribution is 0.316. The number of benzene rings is 1. The average molecular weight is 319 g/mol. The Morgan fingerprint density at radius 1 is 1.53 bits per heavy atom. The molecule has 0 aliphatic heterocycles. The van der Waals surface area contributed by atoms with Crippen molar-refractivity contribution in [2.45, 2.75) is 19.4 Å². The second-order valence-electron chi connectivity index (χ2n) is 3.14. The Labute approximate surface area is 103 Å². The zero-order valence-electron chi connectivity index (χ0n) is 8.44. The second-order valence-corrected chi connectivity index (χ2v) is 4.38. The van der Waals surface area contributed by atoms with Gasteiger partial charge in [0, 0.05) is 9.26 Å². The average Bonchev–Trinajstić information content (AvgIpc) is 2.27. The van der Waals surface area contributed by atoms with Crippen LogP contribution in [0.5, 0.6) is 0 Å².